The van der Waals surface area contributed by atoms with Crippen molar-refractivity contribution >= 4 is 6.09 Å². The van der Waals surface area contributed by atoms with Gasteiger partial charge in [-0.2, -0.15) is 0 Å². The molecule has 0 aromatic carbocycles. The number of hydrogen-bond donors (Lipinski definition) is 1. The number of ether oxygens (including phenoxy) is 2. The summed E-state index contributed by atoms with van der Waals surface area (Å²) >= 11 is 0. The lowest BCUT2D eigenvalue weighted by Crippen LogP contribution is -2.29. The fourth-order valence-corrected chi connectivity index (χ4v) is 1.88. The fourth-order valence-electron chi connectivity index (χ4n) is 1.88. The molecule has 0 saturated heterocycles. The van der Waals surface area contributed by atoms with E-state index in [1.54, 1.807) is 0 Å². The second kappa shape index (κ2) is 8.34. The molecule has 1 fully saturated rings. The Labute approximate surface area is 104 Å². The van der Waals surface area contributed by atoms with Crippen molar-refractivity contribution in [1.82, 2.24) is 5.32 Å². The van der Waals surface area contributed by atoms with E-state index in [2.05, 4.69) is 19.2 Å². The molecule has 0 aliphatic heterocycles. The topological polar surface area (TPSA) is 47.6 Å². The Kier molecular flexibility index (Phi) is 7.01. The largest absolute Gasteiger partial charge is 0.446 e. The highest BCUT2D eigenvalue weighted by atomic mass is 16.6. The monoisotopic (exact) mass is 243 g/mol. The molecule has 1 N–H and O–H groups in total. The standard InChI is InChI=1S/C13H25NO3/c1-11(2)10-16-9-5-8-14-13(15)17-12-6-3-4-7-12/h11-12H,3-10H2,1-2H3,(H,14,15). The summed E-state index contributed by atoms with van der Waals surface area (Å²) in [4.78, 5) is 11.4. The van der Waals surface area contributed by atoms with Crippen LogP contribution in [0, 0.1) is 5.92 Å². The van der Waals surface area contributed by atoms with Crippen LogP contribution in [0.5, 0.6) is 0 Å². The van der Waals surface area contributed by atoms with Gasteiger partial charge in [-0.05, 0) is 38.0 Å². The average molecular weight is 243 g/mol. The zero-order valence-electron chi connectivity index (χ0n) is 11.0. The van der Waals surface area contributed by atoms with Crippen molar-refractivity contribution in [1.29, 1.82) is 0 Å². The van der Waals surface area contributed by atoms with Gasteiger partial charge in [0, 0.05) is 19.8 Å². The predicted molar refractivity (Wildman–Crippen MR) is 67.0 cm³/mol. The van der Waals surface area contributed by atoms with Crippen molar-refractivity contribution in [3.05, 3.63) is 0 Å². The zero-order chi connectivity index (χ0) is 12.5. The van der Waals surface area contributed by atoms with Gasteiger partial charge in [0.2, 0.25) is 0 Å². The van der Waals surface area contributed by atoms with Crippen molar-refractivity contribution < 1.29 is 14.3 Å². The smallest absolute Gasteiger partial charge is 0.407 e. The molecule has 0 spiro atoms. The molecule has 4 heteroatoms. The predicted octanol–water partition coefficient (Wildman–Crippen LogP) is 2.72. The van der Waals surface area contributed by atoms with E-state index >= 15 is 0 Å². The van der Waals surface area contributed by atoms with E-state index in [4.69, 9.17) is 9.47 Å². The van der Waals surface area contributed by atoms with E-state index in [1.807, 2.05) is 0 Å². The molecular weight excluding hydrogens is 218 g/mol. The number of amides is 1. The van der Waals surface area contributed by atoms with Gasteiger partial charge in [0.15, 0.2) is 0 Å². The average Bonchev–Trinajstić information content (AvgIpc) is 2.75. The first kappa shape index (κ1) is 14.3. The maximum atomic E-state index is 11.4. The van der Waals surface area contributed by atoms with Gasteiger partial charge in [-0.25, -0.2) is 4.79 Å². The van der Waals surface area contributed by atoms with E-state index < -0.39 is 0 Å². The van der Waals surface area contributed by atoms with E-state index in [9.17, 15) is 4.79 Å². The van der Waals surface area contributed by atoms with Crippen molar-refractivity contribution in [3.8, 4) is 0 Å². The van der Waals surface area contributed by atoms with Gasteiger partial charge >= 0.3 is 6.09 Å². The first-order valence-corrected chi connectivity index (χ1v) is 6.70. The number of carbonyl (C=O) groups excluding carboxylic acids is 1. The summed E-state index contributed by atoms with van der Waals surface area (Å²) in [5.74, 6) is 0.565. The van der Waals surface area contributed by atoms with Crippen molar-refractivity contribution in [3.63, 3.8) is 0 Å². The Bertz CT molecular complexity index is 213. The lowest BCUT2D eigenvalue weighted by atomic mass is 10.2. The molecule has 4 nitrogen and oxygen atoms in total. The van der Waals surface area contributed by atoms with E-state index in [-0.39, 0.29) is 12.2 Å². The summed E-state index contributed by atoms with van der Waals surface area (Å²) in [6, 6.07) is 0. The minimum Gasteiger partial charge on any atom is -0.446 e. The van der Waals surface area contributed by atoms with Crippen LogP contribution in [-0.2, 0) is 9.47 Å². The third-order valence-electron chi connectivity index (χ3n) is 2.76. The highest BCUT2D eigenvalue weighted by Gasteiger charge is 2.18. The van der Waals surface area contributed by atoms with Gasteiger partial charge in [0.05, 0.1) is 0 Å². The molecule has 0 heterocycles. The number of rotatable bonds is 7. The van der Waals surface area contributed by atoms with Gasteiger partial charge in [0.1, 0.15) is 6.10 Å². The molecule has 1 saturated carbocycles. The minimum atomic E-state index is -0.277. The minimum absolute atomic E-state index is 0.146. The Balaban J connectivity index is 1.89. The van der Waals surface area contributed by atoms with Gasteiger partial charge < -0.3 is 14.8 Å². The maximum Gasteiger partial charge on any atom is 0.407 e. The molecule has 0 bridgehead atoms. The van der Waals surface area contributed by atoms with Gasteiger partial charge in [-0.3, -0.25) is 0 Å². The molecular formula is C13H25NO3. The summed E-state index contributed by atoms with van der Waals surface area (Å²) in [7, 11) is 0. The number of hydrogen-bond acceptors (Lipinski definition) is 3. The first-order chi connectivity index (χ1) is 8.18. The van der Waals surface area contributed by atoms with Gasteiger partial charge in [-0.15, -0.1) is 0 Å². The van der Waals surface area contributed by atoms with Crippen LogP contribution in [-0.4, -0.2) is 32.0 Å². The summed E-state index contributed by atoms with van der Waals surface area (Å²) in [6.45, 7) is 6.35. The Morgan fingerprint density at radius 1 is 1.35 bits per heavy atom. The number of nitrogens with one attached hydrogen (secondary N) is 1. The van der Waals surface area contributed by atoms with Crippen LogP contribution in [0.3, 0.4) is 0 Å². The third-order valence-corrected chi connectivity index (χ3v) is 2.76. The quantitative estimate of drug-likeness (QED) is 0.699. The van der Waals surface area contributed by atoms with Crippen LogP contribution >= 0.6 is 0 Å². The van der Waals surface area contributed by atoms with Crippen molar-refractivity contribution in [2.75, 3.05) is 19.8 Å². The molecule has 1 amide bonds. The molecule has 1 aliphatic rings. The summed E-state index contributed by atoms with van der Waals surface area (Å²) < 4.78 is 10.7. The molecule has 0 aromatic rings. The molecule has 0 atom stereocenters. The van der Waals surface area contributed by atoms with Crippen LogP contribution in [0.1, 0.15) is 46.0 Å². The first-order valence-electron chi connectivity index (χ1n) is 6.70. The third kappa shape index (κ3) is 7.21. The zero-order valence-corrected chi connectivity index (χ0v) is 11.0. The molecule has 1 rings (SSSR count). The molecule has 1 aliphatic carbocycles. The summed E-state index contributed by atoms with van der Waals surface area (Å²) in [6.07, 6.45) is 5.11. The summed E-state index contributed by atoms with van der Waals surface area (Å²) in [5, 5.41) is 2.76. The van der Waals surface area contributed by atoms with Crippen molar-refractivity contribution in [2.24, 2.45) is 5.92 Å². The molecule has 100 valence electrons. The lowest BCUT2D eigenvalue weighted by molar-refractivity contribution is 0.0946. The van der Waals surface area contributed by atoms with E-state index in [1.165, 1.54) is 12.8 Å². The number of carbonyl (C=O) groups is 1. The highest BCUT2D eigenvalue weighted by Crippen LogP contribution is 2.20. The van der Waals surface area contributed by atoms with E-state index in [0.717, 1.165) is 25.9 Å². The molecule has 0 unspecified atom stereocenters. The Morgan fingerprint density at radius 2 is 2.06 bits per heavy atom. The number of alkyl carbamates (subject to hydrolysis) is 1. The SMILES string of the molecule is CC(C)COCCCNC(=O)OC1CCCC1. The normalized spacial score (nSPS) is 16.4. The van der Waals surface area contributed by atoms with Crippen LogP contribution in [0.25, 0.3) is 0 Å². The fraction of sp³-hybridized carbons (Fsp3) is 0.923. The van der Waals surface area contributed by atoms with Crippen LogP contribution in [0.15, 0.2) is 0 Å². The second-order valence-corrected chi connectivity index (χ2v) is 5.06. The molecule has 17 heavy (non-hydrogen) atoms. The van der Waals surface area contributed by atoms with Crippen LogP contribution < -0.4 is 5.32 Å². The summed E-state index contributed by atoms with van der Waals surface area (Å²) in [5.41, 5.74) is 0. The van der Waals surface area contributed by atoms with Crippen molar-refractivity contribution in [2.45, 2.75) is 52.1 Å². The maximum absolute atomic E-state index is 11.4. The molecule has 0 aromatic heterocycles. The van der Waals surface area contributed by atoms with Gasteiger partial charge in [-0.1, -0.05) is 13.8 Å². The Morgan fingerprint density at radius 3 is 2.71 bits per heavy atom. The lowest BCUT2D eigenvalue weighted by Gasteiger charge is -2.12. The molecule has 0 radical (unpaired) electrons. The van der Waals surface area contributed by atoms with Crippen LogP contribution in [0.4, 0.5) is 4.79 Å². The highest BCUT2D eigenvalue weighted by molar-refractivity contribution is 5.67. The second-order valence-electron chi connectivity index (χ2n) is 5.06. The van der Waals surface area contributed by atoms with E-state index in [0.29, 0.717) is 19.1 Å². The van der Waals surface area contributed by atoms with Gasteiger partial charge in [0.25, 0.3) is 0 Å². The Hall–Kier alpha value is -0.770. The van der Waals surface area contributed by atoms with Crippen LogP contribution in [0.2, 0.25) is 0 Å².